The van der Waals surface area contributed by atoms with E-state index in [-0.39, 0.29) is 5.92 Å². The van der Waals surface area contributed by atoms with E-state index in [2.05, 4.69) is 6.92 Å². The normalized spacial score (nSPS) is 12.8. The molecule has 0 aromatic carbocycles. The van der Waals surface area contributed by atoms with Gasteiger partial charge in [0.2, 0.25) is 0 Å². The molecule has 0 spiro atoms. The van der Waals surface area contributed by atoms with Gasteiger partial charge in [0.25, 0.3) is 0 Å². The Hall–Kier alpha value is -0.530. The Labute approximate surface area is 75.0 Å². The fraction of sp³-hybridized carbons (Fsp3) is 0.800. The van der Waals surface area contributed by atoms with Gasteiger partial charge in [-0.25, -0.2) is 0 Å². The molecule has 0 amide bonds. The fourth-order valence-electron chi connectivity index (χ4n) is 1.16. The Morgan fingerprint density at radius 3 is 2.50 bits per heavy atom. The maximum atomic E-state index is 10.6. The molecule has 2 heteroatoms. The van der Waals surface area contributed by atoms with Crippen molar-refractivity contribution in [2.24, 2.45) is 5.92 Å². The average Bonchev–Trinajstić information content (AvgIpc) is 2.04. The molecule has 0 aliphatic rings. The smallest absolute Gasteiger partial charge is 0.306 e. The monoisotopic (exact) mass is 171 g/mol. The van der Waals surface area contributed by atoms with Gasteiger partial charge in [0.1, 0.15) is 0 Å². The van der Waals surface area contributed by atoms with Crippen LogP contribution in [0, 0.1) is 12.3 Å². The molecule has 0 rings (SSSR count). The summed E-state index contributed by atoms with van der Waals surface area (Å²) in [7, 11) is 0. The zero-order chi connectivity index (χ0) is 9.40. The summed E-state index contributed by atoms with van der Waals surface area (Å²) in [5.41, 5.74) is 0. The summed E-state index contributed by atoms with van der Waals surface area (Å²) in [6.45, 7) is 4.06. The molecule has 0 heterocycles. The van der Waals surface area contributed by atoms with Crippen LogP contribution in [0.25, 0.3) is 0 Å². The van der Waals surface area contributed by atoms with E-state index in [1.165, 1.54) is 12.8 Å². The molecule has 0 saturated heterocycles. The molecule has 0 aromatic heterocycles. The van der Waals surface area contributed by atoms with Crippen molar-refractivity contribution in [2.75, 3.05) is 0 Å². The Balaban J connectivity index is 3.38. The van der Waals surface area contributed by atoms with Crippen molar-refractivity contribution in [3.8, 4) is 0 Å². The first-order valence-electron chi connectivity index (χ1n) is 4.78. The number of hydrogen-bond acceptors (Lipinski definition) is 1. The maximum Gasteiger partial charge on any atom is 0.306 e. The first-order chi connectivity index (χ1) is 5.72. The van der Waals surface area contributed by atoms with Crippen molar-refractivity contribution in [1.82, 2.24) is 0 Å². The van der Waals surface area contributed by atoms with E-state index in [4.69, 9.17) is 5.11 Å². The minimum Gasteiger partial charge on any atom is -0.481 e. The third-order valence-corrected chi connectivity index (χ3v) is 2.02. The summed E-state index contributed by atoms with van der Waals surface area (Å²) in [4.78, 5) is 10.6. The molecule has 71 valence electrons. The van der Waals surface area contributed by atoms with Crippen molar-refractivity contribution in [3.63, 3.8) is 0 Å². The van der Waals surface area contributed by atoms with Gasteiger partial charge in [0.05, 0.1) is 5.92 Å². The lowest BCUT2D eigenvalue weighted by Gasteiger charge is -2.07. The molecular formula is C10H19O2. The van der Waals surface area contributed by atoms with Gasteiger partial charge >= 0.3 is 5.97 Å². The Morgan fingerprint density at radius 2 is 2.08 bits per heavy atom. The van der Waals surface area contributed by atoms with Crippen LogP contribution in [0.1, 0.15) is 46.0 Å². The molecule has 2 nitrogen and oxygen atoms in total. The van der Waals surface area contributed by atoms with Gasteiger partial charge in [-0.3, -0.25) is 4.79 Å². The van der Waals surface area contributed by atoms with Gasteiger partial charge in [-0.1, -0.05) is 33.1 Å². The second-order valence-electron chi connectivity index (χ2n) is 3.08. The predicted molar refractivity (Wildman–Crippen MR) is 49.9 cm³/mol. The lowest BCUT2D eigenvalue weighted by molar-refractivity contribution is -0.140. The Morgan fingerprint density at radius 1 is 1.42 bits per heavy atom. The number of carbonyl (C=O) groups is 1. The summed E-state index contributed by atoms with van der Waals surface area (Å²) < 4.78 is 0. The molecule has 0 aliphatic carbocycles. The number of unbranched alkanes of at least 4 members (excludes halogenated alkanes) is 3. The predicted octanol–water partition coefficient (Wildman–Crippen LogP) is 2.88. The molecular weight excluding hydrogens is 152 g/mol. The largest absolute Gasteiger partial charge is 0.481 e. The van der Waals surface area contributed by atoms with Crippen LogP contribution in [0.3, 0.4) is 0 Å². The molecule has 0 fully saturated rings. The highest BCUT2D eigenvalue weighted by Gasteiger charge is 2.13. The number of carboxylic acids is 1. The van der Waals surface area contributed by atoms with Gasteiger partial charge in [-0.2, -0.15) is 0 Å². The van der Waals surface area contributed by atoms with E-state index in [0.29, 0.717) is 6.42 Å². The van der Waals surface area contributed by atoms with Crippen LogP contribution in [-0.2, 0) is 4.79 Å². The van der Waals surface area contributed by atoms with E-state index >= 15 is 0 Å². The zero-order valence-corrected chi connectivity index (χ0v) is 8.05. The van der Waals surface area contributed by atoms with Crippen molar-refractivity contribution in [2.45, 2.75) is 46.0 Å². The van der Waals surface area contributed by atoms with Crippen LogP contribution in [0.15, 0.2) is 0 Å². The van der Waals surface area contributed by atoms with Gasteiger partial charge in [0, 0.05) is 0 Å². The van der Waals surface area contributed by atoms with Crippen LogP contribution in [-0.4, -0.2) is 11.1 Å². The molecule has 1 N–H and O–H groups in total. The van der Waals surface area contributed by atoms with E-state index in [1.54, 1.807) is 0 Å². The summed E-state index contributed by atoms with van der Waals surface area (Å²) in [6.07, 6.45) is 7.10. The van der Waals surface area contributed by atoms with E-state index in [9.17, 15) is 4.79 Å². The highest BCUT2D eigenvalue weighted by Crippen LogP contribution is 2.12. The van der Waals surface area contributed by atoms with E-state index < -0.39 is 5.97 Å². The molecule has 12 heavy (non-hydrogen) atoms. The number of hydrogen-bond donors (Lipinski definition) is 1. The van der Waals surface area contributed by atoms with Crippen LogP contribution < -0.4 is 0 Å². The summed E-state index contributed by atoms with van der Waals surface area (Å²) >= 11 is 0. The zero-order valence-electron chi connectivity index (χ0n) is 8.05. The van der Waals surface area contributed by atoms with Crippen molar-refractivity contribution < 1.29 is 9.90 Å². The molecule has 1 unspecified atom stereocenters. The van der Waals surface area contributed by atoms with Crippen LogP contribution in [0.2, 0.25) is 0 Å². The molecule has 1 radical (unpaired) electrons. The Bertz CT molecular complexity index is 121. The van der Waals surface area contributed by atoms with Crippen molar-refractivity contribution in [3.05, 3.63) is 6.42 Å². The molecule has 0 saturated carbocycles. The molecule has 0 aromatic rings. The second kappa shape index (κ2) is 7.14. The highest BCUT2D eigenvalue weighted by molar-refractivity contribution is 5.71. The first-order valence-corrected chi connectivity index (χ1v) is 4.78. The summed E-state index contributed by atoms with van der Waals surface area (Å²) in [5.74, 6) is -0.921. The molecule has 0 aliphatic heterocycles. The summed E-state index contributed by atoms with van der Waals surface area (Å²) in [6, 6.07) is 0. The van der Waals surface area contributed by atoms with Crippen LogP contribution in [0.4, 0.5) is 0 Å². The van der Waals surface area contributed by atoms with Crippen LogP contribution >= 0.6 is 0 Å². The molecule has 1 atom stereocenters. The topological polar surface area (TPSA) is 37.3 Å². The summed E-state index contributed by atoms with van der Waals surface area (Å²) in [5, 5.41) is 8.70. The van der Waals surface area contributed by atoms with E-state index in [0.717, 1.165) is 12.8 Å². The lowest BCUT2D eigenvalue weighted by atomic mass is 9.99. The van der Waals surface area contributed by atoms with Crippen molar-refractivity contribution >= 4 is 5.97 Å². The van der Waals surface area contributed by atoms with Gasteiger partial charge in [0.15, 0.2) is 0 Å². The first kappa shape index (κ1) is 11.5. The van der Waals surface area contributed by atoms with E-state index in [1.807, 2.05) is 13.3 Å². The van der Waals surface area contributed by atoms with Gasteiger partial charge in [-0.15, -0.1) is 0 Å². The lowest BCUT2D eigenvalue weighted by Crippen LogP contribution is -2.12. The number of carboxylic acid groups (broad SMARTS) is 1. The number of aliphatic carboxylic acids is 1. The quantitative estimate of drug-likeness (QED) is 0.598. The Kier molecular flexibility index (Phi) is 6.82. The standard InChI is InChI=1S/C10H19O2/c1-3-5-6-7-8-9(4-2)10(11)12/h8-9H,3-7H2,1-2H3,(H,11,12). The van der Waals surface area contributed by atoms with Gasteiger partial charge < -0.3 is 5.11 Å². The maximum absolute atomic E-state index is 10.6. The SMILES string of the molecule is CCCCC[CH]C(CC)C(=O)O. The second-order valence-corrected chi connectivity index (χ2v) is 3.08. The third-order valence-electron chi connectivity index (χ3n) is 2.02. The molecule has 0 bridgehead atoms. The van der Waals surface area contributed by atoms with Crippen molar-refractivity contribution in [1.29, 1.82) is 0 Å². The van der Waals surface area contributed by atoms with Crippen LogP contribution in [0.5, 0.6) is 0 Å². The minimum absolute atomic E-state index is 0.234. The minimum atomic E-state index is -0.686. The van der Waals surface area contributed by atoms with Gasteiger partial charge in [-0.05, 0) is 19.3 Å². The average molecular weight is 171 g/mol. The number of rotatable bonds is 7. The third kappa shape index (κ3) is 5.16. The highest BCUT2D eigenvalue weighted by atomic mass is 16.4. The fourth-order valence-corrected chi connectivity index (χ4v) is 1.16.